The van der Waals surface area contributed by atoms with Gasteiger partial charge in [0.25, 0.3) is 5.91 Å². The first kappa shape index (κ1) is 18.2. The Bertz CT molecular complexity index is 576. The number of morpholine rings is 1. The summed E-state index contributed by atoms with van der Waals surface area (Å²) in [5.41, 5.74) is 1.89. The number of hydrogen-bond donors (Lipinski definition) is 1. The number of nitrogens with zero attached hydrogens (tertiary/aromatic N) is 2. The number of anilines is 1. The molecule has 1 saturated carbocycles. The molecule has 1 N–H and O–H groups in total. The Hall–Kier alpha value is -1.59. The van der Waals surface area contributed by atoms with Crippen LogP contribution in [0.3, 0.4) is 0 Å². The van der Waals surface area contributed by atoms with E-state index in [1.54, 1.807) is 0 Å². The summed E-state index contributed by atoms with van der Waals surface area (Å²) < 4.78 is 5.53. The SMILES string of the molecule is CN(C)c1cccc(C(=O)NCC2(N3CCOCC3)CCCCC2)c1. The summed E-state index contributed by atoms with van der Waals surface area (Å²) in [6.07, 6.45) is 6.16. The summed E-state index contributed by atoms with van der Waals surface area (Å²) in [6.45, 7) is 4.30. The largest absolute Gasteiger partial charge is 0.379 e. The van der Waals surface area contributed by atoms with E-state index in [4.69, 9.17) is 4.74 Å². The van der Waals surface area contributed by atoms with Gasteiger partial charge in [-0.25, -0.2) is 0 Å². The lowest BCUT2D eigenvalue weighted by Gasteiger charge is -2.48. The van der Waals surface area contributed by atoms with Crippen LogP contribution in [0.1, 0.15) is 42.5 Å². The molecule has 1 aliphatic carbocycles. The molecule has 1 amide bonds. The van der Waals surface area contributed by atoms with Crippen molar-refractivity contribution < 1.29 is 9.53 Å². The molecule has 0 aromatic heterocycles. The number of ether oxygens (including phenoxy) is 1. The van der Waals surface area contributed by atoms with Gasteiger partial charge in [-0.3, -0.25) is 9.69 Å². The number of amides is 1. The number of carbonyl (C=O) groups is 1. The maximum Gasteiger partial charge on any atom is 0.251 e. The second-order valence-corrected chi connectivity index (χ2v) is 7.51. The molecule has 5 nitrogen and oxygen atoms in total. The fourth-order valence-electron chi connectivity index (χ4n) is 4.12. The molecule has 0 bridgehead atoms. The average Bonchev–Trinajstić information content (AvgIpc) is 2.67. The van der Waals surface area contributed by atoms with Crippen molar-refractivity contribution in [2.75, 3.05) is 51.8 Å². The minimum atomic E-state index is 0.0295. The third kappa shape index (κ3) is 4.33. The predicted molar refractivity (Wildman–Crippen MR) is 101 cm³/mol. The second kappa shape index (κ2) is 8.19. The van der Waals surface area contributed by atoms with Gasteiger partial charge in [0.1, 0.15) is 0 Å². The van der Waals surface area contributed by atoms with Gasteiger partial charge in [-0.2, -0.15) is 0 Å². The summed E-state index contributed by atoms with van der Waals surface area (Å²) in [5.74, 6) is 0.0295. The van der Waals surface area contributed by atoms with Crippen LogP contribution in [0.5, 0.6) is 0 Å². The van der Waals surface area contributed by atoms with Gasteiger partial charge >= 0.3 is 0 Å². The van der Waals surface area contributed by atoms with Gasteiger partial charge in [0.05, 0.1) is 13.2 Å². The summed E-state index contributed by atoms with van der Waals surface area (Å²) in [4.78, 5) is 17.3. The van der Waals surface area contributed by atoms with E-state index in [0.29, 0.717) is 0 Å². The minimum Gasteiger partial charge on any atom is -0.379 e. The van der Waals surface area contributed by atoms with E-state index in [9.17, 15) is 4.79 Å². The molecule has 2 fully saturated rings. The first-order chi connectivity index (χ1) is 12.1. The van der Waals surface area contributed by atoms with Crippen LogP contribution in [0.15, 0.2) is 24.3 Å². The highest BCUT2D eigenvalue weighted by molar-refractivity contribution is 5.95. The molecule has 2 aliphatic rings. The number of carbonyl (C=O) groups excluding carboxylic acids is 1. The normalized spacial score (nSPS) is 20.9. The van der Waals surface area contributed by atoms with Crippen LogP contribution >= 0.6 is 0 Å². The molecule has 1 aliphatic heterocycles. The molecule has 0 spiro atoms. The van der Waals surface area contributed by atoms with Crippen molar-refractivity contribution >= 4 is 11.6 Å². The van der Waals surface area contributed by atoms with Gasteiger partial charge in [-0.05, 0) is 31.0 Å². The first-order valence-electron chi connectivity index (χ1n) is 9.49. The molecule has 1 heterocycles. The third-order valence-electron chi connectivity index (χ3n) is 5.67. The molecule has 1 saturated heterocycles. The first-order valence-corrected chi connectivity index (χ1v) is 9.49. The van der Waals surface area contributed by atoms with E-state index < -0.39 is 0 Å². The zero-order chi connectivity index (χ0) is 17.7. The van der Waals surface area contributed by atoms with Crippen LogP contribution in [0.25, 0.3) is 0 Å². The Morgan fingerprint density at radius 1 is 1.20 bits per heavy atom. The Morgan fingerprint density at radius 3 is 2.60 bits per heavy atom. The lowest BCUT2D eigenvalue weighted by molar-refractivity contribution is -0.0361. The summed E-state index contributed by atoms with van der Waals surface area (Å²) in [7, 11) is 3.99. The van der Waals surface area contributed by atoms with Crippen molar-refractivity contribution in [2.45, 2.75) is 37.6 Å². The molecular weight excluding hydrogens is 314 g/mol. The van der Waals surface area contributed by atoms with E-state index in [-0.39, 0.29) is 11.4 Å². The van der Waals surface area contributed by atoms with Gasteiger partial charge in [0.2, 0.25) is 0 Å². The van der Waals surface area contributed by atoms with Gasteiger partial charge in [0.15, 0.2) is 0 Å². The Labute approximate surface area is 151 Å². The zero-order valence-electron chi connectivity index (χ0n) is 15.6. The molecular formula is C20H31N3O2. The Kier molecular flexibility index (Phi) is 5.97. The fraction of sp³-hybridized carbons (Fsp3) is 0.650. The molecule has 0 unspecified atom stereocenters. The highest BCUT2D eigenvalue weighted by Gasteiger charge is 2.38. The smallest absolute Gasteiger partial charge is 0.251 e. The van der Waals surface area contributed by atoms with Gasteiger partial charge in [0, 0.05) is 50.5 Å². The topological polar surface area (TPSA) is 44.8 Å². The van der Waals surface area contributed by atoms with Crippen LogP contribution in [-0.4, -0.2) is 63.3 Å². The highest BCUT2D eigenvalue weighted by atomic mass is 16.5. The van der Waals surface area contributed by atoms with E-state index in [0.717, 1.165) is 44.1 Å². The van der Waals surface area contributed by atoms with Crippen LogP contribution < -0.4 is 10.2 Å². The highest BCUT2D eigenvalue weighted by Crippen LogP contribution is 2.34. The van der Waals surface area contributed by atoms with Crippen LogP contribution in [0.4, 0.5) is 5.69 Å². The standard InChI is InChI=1S/C20H31N3O2/c1-22(2)18-8-6-7-17(15-18)19(24)21-16-20(9-4-3-5-10-20)23-11-13-25-14-12-23/h6-8,15H,3-5,9-14,16H2,1-2H3,(H,21,24). The molecule has 138 valence electrons. The third-order valence-corrected chi connectivity index (χ3v) is 5.67. The molecule has 0 radical (unpaired) electrons. The van der Waals surface area contributed by atoms with Gasteiger partial charge in [-0.1, -0.05) is 25.3 Å². The number of rotatable bonds is 5. The Balaban J connectivity index is 1.68. The van der Waals surface area contributed by atoms with Gasteiger partial charge < -0.3 is 15.0 Å². The monoisotopic (exact) mass is 345 g/mol. The lowest BCUT2D eigenvalue weighted by atomic mass is 9.79. The van der Waals surface area contributed by atoms with Crippen molar-refractivity contribution in [2.24, 2.45) is 0 Å². The van der Waals surface area contributed by atoms with Crippen molar-refractivity contribution in [1.82, 2.24) is 10.2 Å². The molecule has 0 atom stereocenters. The van der Waals surface area contributed by atoms with E-state index in [2.05, 4.69) is 10.2 Å². The molecule has 3 rings (SSSR count). The maximum atomic E-state index is 12.7. The molecule has 5 heteroatoms. The second-order valence-electron chi connectivity index (χ2n) is 7.51. The van der Waals surface area contributed by atoms with E-state index in [1.165, 1.54) is 32.1 Å². The molecule has 1 aromatic rings. The minimum absolute atomic E-state index is 0.0295. The number of hydrogen-bond acceptors (Lipinski definition) is 4. The van der Waals surface area contributed by atoms with Gasteiger partial charge in [-0.15, -0.1) is 0 Å². The van der Waals surface area contributed by atoms with Crippen molar-refractivity contribution in [3.05, 3.63) is 29.8 Å². The summed E-state index contributed by atoms with van der Waals surface area (Å²) >= 11 is 0. The number of nitrogens with one attached hydrogen (secondary N) is 1. The van der Waals surface area contributed by atoms with Crippen LogP contribution in [0.2, 0.25) is 0 Å². The lowest BCUT2D eigenvalue weighted by Crippen LogP contribution is -2.59. The van der Waals surface area contributed by atoms with Crippen LogP contribution in [-0.2, 0) is 4.74 Å². The van der Waals surface area contributed by atoms with Crippen molar-refractivity contribution in [1.29, 1.82) is 0 Å². The summed E-state index contributed by atoms with van der Waals surface area (Å²) in [6, 6.07) is 7.82. The quantitative estimate of drug-likeness (QED) is 0.891. The van der Waals surface area contributed by atoms with E-state index in [1.807, 2.05) is 43.3 Å². The van der Waals surface area contributed by atoms with E-state index >= 15 is 0 Å². The molecule has 25 heavy (non-hydrogen) atoms. The fourth-order valence-corrected chi connectivity index (χ4v) is 4.12. The van der Waals surface area contributed by atoms with Crippen LogP contribution in [0, 0.1) is 0 Å². The predicted octanol–water partition coefficient (Wildman–Crippen LogP) is 2.52. The van der Waals surface area contributed by atoms with Crippen molar-refractivity contribution in [3.8, 4) is 0 Å². The summed E-state index contributed by atoms with van der Waals surface area (Å²) in [5, 5.41) is 3.23. The van der Waals surface area contributed by atoms with Crippen molar-refractivity contribution in [3.63, 3.8) is 0 Å². The zero-order valence-corrected chi connectivity index (χ0v) is 15.6. The molecule has 1 aromatic carbocycles. The average molecular weight is 345 g/mol. The maximum absolute atomic E-state index is 12.7. The Morgan fingerprint density at radius 2 is 1.92 bits per heavy atom. The number of benzene rings is 1.